The summed E-state index contributed by atoms with van der Waals surface area (Å²) in [5.41, 5.74) is 3.08. The van der Waals surface area contributed by atoms with Crippen molar-refractivity contribution in [2.45, 2.75) is 6.92 Å². The van der Waals surface area contributed by atoms with Crippen molar-refractivity contribution in [3.8, 4) is 28.5 Å². The molecule has 0 saturated heterocycles. The lowest BCUT2D eigenvalue weighted by Crippen LogP contribution is -1.96. The first kappa shape index (κ1) is 13.0. The van der Waals surface area contributed by atoms with E-state index < -0.39 is 0 Å². The van der Waals surface area contributed by atoms with E-state index in [0.29, 0.717) is 5.88 Å². The second-order valence-corrected chi connectivity index (χ2v) is 5.20. The van der Waals surface area contributed by atoms with Crippen LogP contribution in [0.1, 0.15) is 5.69 Å². The normalized spacial score (nSPS) is 12.6. The Morgan fingerprint density at radius 1 is 1.00 bits per heavy atom. The number of ether oxygens (including phenoxy) is 3. The van der Waals surface area contributed by atoms with Crippen LogP contribution in [0.15, 0.2) is 42.5 Å². The van der Waals surface area contributed by atoms with Gasteiger partial charge >= 0.3 is 0 Å². The van der Waals surface area contributed by atoms with Crippen LogP contribution in [0.25, 0.3) is 21.9 Å². The Balaban J connectivity index is 2.01. The molecule has 0 atom stereocenters. The monoisotopic (exact) mass is 293 g/mol. The molecule has 0 bridgehead atoms. The molecule has 1 aliphatic heterocycles. The molecule has 0 fully saturated rings. The van der Waals surface area contributed by atoms with Crippen molar-refractivity contribution in [3.63, 3.8) is 0 Å². The van der Waals surface area contributed by atoms with Crippen LogP contribution in [0.2, 0.25) is 0 Å². The van der Waals surface area contributed by atoms with Crippen LogP contribution in [-0.2, 0) is 0 Å². The maximum Gasteiger partial charge on any atom is 0.231 e. The number of benzene rings is 2. The van der Waals surface area contributed by atoms with Crippen molar-refractivity contribution in [3.05, 3.63) is 48.2 Å². The van der Waals surface area contributed by atoms with Crippen LogP contribution < -0.4 is 14.2 Å². The summed E-state index contributed by atoms with van der Waals surface area (Å²) in [6.45, 7) is 2.27. The number of aromatic nitrogens is 1. The zero-order chi connectivity index (χ0) is 15.1. The fraction of sp³-hybridized carbons (Fsp3) is 0.167. The number of pyridine rings is 1. The molecule has 3 aromatic rings. The van der Waals surface area contributed by atoms with E-state index >= 15 is 0 Å². The zero-order valence-electron chi connectivity index (χ0n) is 12.4. The van der Waals surface area contributed by atoms with E-state index in [-0.39, 0.29) is 6.79 Å². The Kier molecular flexibility index (Phi) is 2.89. The van der Waals surface area contributed by atoms with E-state index in [1.54, 1.807) is 7.11 Å². The molecule has 22 heavy (non-hydrogen) atoms. The van der Waals surface area contributed by atoms with E-state index in [9.17, 15) is 0 Å². The van der Waals surface area contributed by atoms with Crippen LogP contribution in [0, 0.1) is 6.92 Å². The largest absolute Gasteiger partial charge is 0.481 e. The van der Waals surface area contributed by atoms with Gasteiger partial charge in [-0.2, -0.15) is 0 Å². The summed E-state index contributed by atoms with van der Waals surface area (Å²) in [4.78, 5) is 4.60. The van der Waals surface area contributed by atoms with Crippen molar-refractivity contribution < 1.29 is 14.2 Å². The van der Waals surface area contributed by atoms with Crippen LogP contribution in [0.3, 0.4) is 0 Å². The zero-order valence-corrected chi connectivity index (χ0v) is 12.4. The molecule has 2 heterocycles. The smallest absolute Gasteiger partial charge is 0.231 e. The third-order valence-corrected chi connectivity index (χ3v) is 3.91. The standard InChI is InChI=1S/C18H15NO3/c1-11-17(12-7-8-15-16(9-12)22-10-21-15)13-5-3-4-6-14(13)18(19-11)20-2/h3-9H,10H2,1-2H3. The van der Waals surface area contributed by atoms with Gasteiger partial charge < -0.3 is 14.2 Å². The fourth-order valence-corrected chi connectivity index (χ4v) is 2.92. The first-order valence-corrected chi connectivity index (χ1v) is 7.11. The number of aryl methyl sites for hydroxylation is 1. The van der Waals surface area contributed by atoms with Crippen molar-refractivity contribution >= 4 is 10.8 Å². The summed E-state index contributed by atoms with van der Waals surface area (Å²) in [6.07, 6.45) is 0. The molecule has 1 aliphatic rings. The second kappa shape index (κ2) is 4.91. The third-order valence-electron chi connectivity index (χ3n) is 3.91. The van der Waals surface area contributed by atoms with E-state index in [1.807, 2.05) is 43.3 Å². The predicted octanol–water partition coefficient (Wildman–Crippen LogP) is 3.95. The molecule has 4 nitrogen and oxygen atoms in total. The Morgan fingerprint density at radius 3 is 2.59 bits per heavy atom. The lowest BCUT2D eigenvalue weighted by Gasteiger charge is -2.13. The van der Waals surface area contributed by atoms with Gasteiger partial charge in [-0.05, 0) is 36.1 Å². The minimum absolute atomic E-state index is 0.277. The van der Waals surface area contributed by atoms with Gasteiger partial charge in [-0.25, -0.2) is 4.98 Å². The van der Waals surface area contributed by atoms with Gasteiger partial charge in [0.15, 0.2) is 11.5 Å². The molecule has 0 N–H and O–H groups in total. The number of nitrogens with zero attached hydrogens (tertiary/aromatic N) is 1. The lowest BCUT2D eigenvalue weighted by molar-refractivity contribution is 0.174. The molecule has 0 amide bonds. The van der Waals surface area contributed by atoms with Crippen LogP contribution >= 0.6 is 0 Å². The molecule has 0 radical (unpaired) electrons. The molecular weight excluding hydrogens is 278 g/mol. The van der Waals surface area contributed by atoms with E-state index in [0.717, 1.165) is 39.1 Å². The maximum absolute atomic E-state index is 5.49. The van der Waals surface area contributed by atoms with Crippen molar-refractivity contribution in [1.82, 2.24) is 4.98 Å². The molecule has 110 valence electrons. The topological polar surface area (TPSA) is 40.6 Å². The van der Waals surface area contributed by atoms with E-state index in [4.69, 9.17) is 14.2 Å². The third kappa shape index (κ3) is 1.88. The highest BCUT2D eigenvalue weighted by atomic mass is 16.7. The fourth-order valence-electron chi connectivity index (χ4n) is 2.92. The second-order valence-electron chi connectivity index (χ2n) is 5.20. The van der Waals surface area contributed by atoms with Crippen LogP contribution in [0.5, 0.6) is 17.4 Å². The average Bonchev–Trinajstić information content (AvgIpc) is 3.01. The molecule has 0 aliphatic carbocycles. The number of hydrogen-bond donors (Lipinski definition) is 0. The van der Waals surface area contributed by atoms with Gasteiger partial charge in [-0.15, -0.1) is 0 Å². The summed E-state index contributed by atoms with van der Waals surface area (Å²) in [5.74, 6) is 2.21. The summed E-state index contributed by atoms with van der Waals surface area (Å²) in [7, 11) is 1.65. The molecule has 1 aromatic heterocycles. The molecule has 4 heteroatoms. The molecule has 2 aromatic carbocycles. The highest BCUT2D eigenvalue weighted by molar-refractivity contribution is 6.00. The first-order valence-electron chi connectivity index (χ1n) is 7.11. The van der Waals surface area contributed by atoms with E-state index in [1.165, 1.54) is 0 Å². The first-order chi connectivity index (χ1) is 10.8. The van der Waals surface area contributed by atoms with Crippen molar-refractivity contribution in [2.75, 3.05) is 13.9 Å². The molecule has 0 spiro atoms. The molecule has 0 saturated carbocycles. The maximum atomic E-state index is 5.49. The van der Waals surface area contributed by atoms with Gasteiger partial charge in [-0.1, -0.05) is 24.3 Å². The van der Waals surface area contributed by atoms with Gasteiger partial charge in [0.25, 0.3) is 0 Å². The minimum atomic E-state index is 0.277. The quantitative estimate of drug-likeness (QED) is 0.717. The number of methoxy groups -OCH3 is 1. The summed E-state index contributed by atoms with van der Waals surface area (Å²) in [5, 5.41) is 2.12. The molecular formula is C18H15NO3. The van der Waals surface area contributed by atoms with Crippen LogP contribution in [0.4, 0.5) is 0 Å². The van der Waals surface area contributed by atoms with Gasteiger partial charge in [0.1, 0.15) is 0 Å². The highest BCUT2D eigenvalue weighted by Gasteiger charge is 2.17. The van der Waals surface area contributed by atoms with Gasteiger partial charge in [-0.3, -0.25) is 0 Å². The van der Waals surface area contributed by atoms with Crippen molar-refractivity contribution in [2.24, 2.45) is 0 Å². The predicted molar refractivity (Wildman–Crippen MR) is 84.6 cm³/mol. The summed E-state index contributed by atoms with van der Waals surface area (Å²) >= 11 is 0. The van der Waals surface area contributed by atoms with Gasteiger partial charge in [0, 0.05) is 16.6 Å². The number of hydrogen-bond acceptors (Lipinski definition) is 4. The highest BCUT2D eigenvalue weighted by Crippen LogP contribution is 2.40. The minimum Gasteiger partial charge on any atom is -0.481 e. The van der Waals surface area contributed by atoms with E-state index in [2.05, 4.69) is 11.1 Å². The lowest BCUT2D eigenvalue weighted by atomic mass is 9.97. The van der Waals surface area contributed by atoms with Gasteiger partial charge in [0.05, 0.1) is 7.11 Å². The van der Waals surface area contributed by atoms with Gasteiger partial charge in [0.2, 0.25) is 12.7 Å². The average molecular weight is 293 g/mol. The summed E-state index contributed by atoms with van der Waals surface area (Å²) in [6, 6.07) is 14.1. The van der Waals surface area contributed by atoms with Crippen LogP contribution in [-0.4, -0.2) is 18.9 Å². The summed E-state index contributed by atoms with van der Waals surface area (Å²) < 4.78 is 16.3. The number of fused-ring (bicyclic) bond motifs is 2. The molecule has 0 unspecified atom stereocenters. The SMILES string of the molecule is COc1nc(C)c(-c2ccc3c(c2)OCO3)c2ccccc12. The Labute approximate surface area is 128 Å². The Morgan fingerprint density at radius 2 is 1.77 bits per heavy atom. The molecule has 4 rings (SSSR count). The van der Waals surface area contributed by atoms with Crippen molar-refractivity contribution in [1.29, 1.82) is 0 Å². The Hall–Kier alpha value is -2.75. The number of rotatable bonds is 2. The Bertz CT molecular complexity index is 874.